The predicted octanol–water partition coefficient (Wildman–Crippen LogP) is 3.04. The molecule has 0 bridgehead atoms. The van der Waals surface area contributed by atoms with Gasteiger partial charge in [0, 0.05) is 0 Å². The van der Waals surface area contributed by atoms with Crippen LogP contribution in [0.5, 0.6) is 0 Å². The molecule has 0 atom stereocenters. The van der Waals surface area contributed by atoms with Gasteiger partial charge in [0.2, 0.25) is 0 Å². The summed E-state index contributed by atoms with van der Waals surface area (Å²) in [6.45, 7) is 2.12. The molecule has 1 rings (SSSR count). The van der Waals surface area contributed by atoms with Crippen LogP contribution in [0.15, 0.2) is 35.2 Å². The van der Waals surface area contributed by atoms with Gasteiger partial charge in [-0.05, 0) is 18.6 Å². The van der Waals surface area contributed by atoms with E-state index in [0.717, 1.165) is 25.7 Å². The maximum Gasteiger partial charge on any atom is 0.178 e. The SMILES string of the molecule is CCCCCCS(=O)(=O)c1ccccc1. The molecule has 2 nitrogen and oxygen atoms in total. The predicted molar refractivity (Wildman–Crippen MR) is 62.6 cm³/mol. The molecule has 0 saturated carbocycles. The van der Waals surface area contributed by atoms with Crippen LogP contribution in [0, 0.1) is 0 Å². The fraction of sp³-hybridized carbons (Fsp3) is 0.500. The van der Waals surface area contributed by atoms with Gasteiger partial charge in [0.05, 0.1) is 10.6 Å². The molecule has 1 aromatic carbocycles. The van der Waals surface area contributed by atoms with E-state index in [1.807, 2.05) is 6.07 Å². The molecule has 0 heterocycles. The fourth-order valence-corrected chi connectivity index (χ4v) is 2.86. The zero-order valence-corrected chi connectivity index (χ0v) is 9.96. The first-order valence-electron chi connectivity index (χ1n) is 5.44. The van der Waals surface area contributed by atoms with Crippen LogP contribution in [0.4, 0.5) is 0 Å². The summed E-state index contributed by atoms with van der Waals surface area (Å²) in [5.74, 6) is 0.275. The van der Waals surface area contributed by atoms with Crippen LogP contribution in [0.3, 0.4) is 0 Å². The molecule has 1 aromatic rings. The lowest BCUT2D eigenvalue weighted by Crippen LogP contribution is -2.06. The van der Waals surface area contributed by atoms with Crippen molar-refractivity contribution < 1.29 is 8.42 Å². The standard InChI is InChI=1S/C12H18O2S/c1-2-3-4-8-11-15(13,14)12-9-6-5-7-10-12/h5-7,9-10H,2-4,8,11H2,1H3. The molecule has 15 heavy (non-hydrogen) atoms. The van der Waals surface area contributed by atoms with E-state index in [9.17, 15) is 8.42 Å². The maximum atomic E-state index is 11.8. The van der Waals surface area contributed by atoms with Crippen molar-refractivity contribution in [3.63, 3.8) is 0 Å². The van der Waals surface area contributed by atoms with Crippen molar-refractivity contribution in [2.75, 3.05) is 5.75 Å². The number of unbranched alkanes of at least 4 members (excludes halogenated alkanes) is 3. The molecule has 0 N–H and O–H groups in total. The minimum Gasteiger partial charge on any atom is -0.224 e. The second kappa shape index (κ2) is 5.91. The van der Waals surface area contributed by atoms with Crippen LogP contribution in [-0.2, 0) is 9.84 Å². The zero-order valence-electron chi connectivity index (χ0n) is 9.15. The molecular weight excluding hydrogens is 208 g/mol. The average molecular weight is 226 g/mol. The van der Waals surface area contributed by atoms with E-state index in [0.29, 0.717) is 4.90 Å². The number of benzene rings is 1. The third kappa shape index (κ3) is 4.04. The van der Waals surface area contributed by atoms with Crippen LogP contribution in [-0.4, -0.2) is 14.2 Å². The van der Waals surface area contributed by atoms with E-state index in [2.05, 4.69) is 6.92 Å². The summed E-state index contributed by atoms with van der Waals surface area (Å²) >= 11 is 0. The van der Waals surface area contributed by atoms with E-state index in [1.165, 1.54) is 0 Å². The van der Waals surface area contributed by atoms with Crippen LogP contribution >= 0.6 is 0 Å². The van der Waals surface area contributed by atoms with Gasteiger partial charge in [0.25, 0.3) is 0 Å². The quantitative estimate of drug-likeness (QED) is 0.699. The Labute approximate surface area is 92.2 Å². The Balaban J connectivity index is 2.53. The smallest absolute Gasteiger partial charge is 0.178 e. The summed E-state index contributed by atoms with van der Waals surface area (Å²) in [7, 11) is -3.04. The molecule has 0 fully saturated rings. The van der Waals surface area contributed by atoms with Crippen LogP contribution < -0.4 is 0 Å². The van der Waals surface area contributed by atoms with Gasteiger partial charge in [-0.15, -0.1) is 0 Å². The Morgan fingerprint density at radius 3 is 2.27 bits per heavy atom. The molecule has 84 valence electrons. The molecular formula is C12H18O2S. The summed E-state index contributed by atoms with van der Waals surface area (Å²) in [6, 6.07) is 8.68. The largest absolute Gasteiger partial charge is 0.224 e. The summed E-state index contributed by atoms with van der Waals surface area (Å²) < 4.78 is 23.6. The highest BCUT2D eigenvalue weighted by Gasteiger charge is 2.12. The van der Waals surface area contributed by atoms with Crippen molar-refractivity contribution in [1.82, 2.24) is 0 Å². The lowest BCUT2D eigenvalue weighted by Gasteiger charge is -2.03. The third-order valence-electron chi connectivity index (χ3n) is 2.37. The molecule has 0 aromatic heterocycles. The first-order chi connectivity index (χ1) is 7.17. The first kappa shape index (κ1) is 12.2. The second-order valence-electron chi connectivity index (χ2n) is 3.69. The Morgan fingerprint density at radius 2 is 1.67 bits per heavy atom. The van der Waals surface area contributed by atoms with E-state index in [4.69, 9.17) is 0 Å². The van der Waals surface area contributed by atoms with Crippen LogP contribution in [0.2, 0.25) is 0 Å². The van der Waals surface area contributed by atoms with Gasteiger partial charge in [0.15, 0.2) is 9.84 Å². The maximum absolute atomic E-state index is 11.8. The molecule has 3 heteroatoms. The molecule has 0 saturated heterocycles. The number of hydrogen-bond donors (Lipinski definition) is 0. The topological polar surface area (TPSA) is 34.1 Å². The van der Waals surface area contributed by atoms with Gasteiger partial charge in [0.1, 0.15) is 0 Å². The van der Waals surface area contributed by atoms with E-state index < -0.39 is 9.84 Å². The van der Waals surface area contributed by atoms with Crippen LogP contribution in [0.25, 0.3) is 0 Å². The molecule has 0 spiro atoms. The average Bonchev–Trinajstić information content (AvgIpc) is 2.26. The third-order valence-corrected chi connectivity index (χ3v) is 4.19. The number of sulfone groups is 1. The van der Waals surface area contributed by atoms with E-state index in [1.54, 1.807) is 24.3 Å². The van der Waals surface area contributed by atoms with Crippen molar-refractivity contribution >= 4 is 9.84 Å². The Kier molecular flexibility index (Phi) is 4.82. The molecule has 0 radical (unpaired) electrons. The minimum atomic E-state index is -3.04. The van der Waals surface area contributed by atoms with Gasteiger partial charge in [-0.25, -0.2) is 8.42 Å². The van der Waals surface area contributed by atoms with Crippen molar-refractivity contribution in [1.29, 1.82) is 0 Å². The normalized spacial score (nSPS) is 11.5. The van der Waals surface area contributed by atoms with E-state index in [-0.39, 0.29) is 5.75 Å². The van der Waals surface area contributed by atoms with Crippen molar-refractivity contribution in [3.8, 4) is 0 Å². The lowest BCUT2D eigenvalue weighted by molar-refractivity contribution is 0.589. The molecule has 0 aliphatic rings. The number of rotatable bonds is 6. The summed E-state index contributed by atoms with van der Waals surface area (Å²) in [5, 5.41) is 0. The molecule has 0 aliphatic carbocycles. The van der Waals surface area contributed by atoms with Gasteiger partial charge in [-0.3, -0.25) is 0 Å². The summed E-state index contributed by atoms with van der Waals surface area (Å²) in [4.78, 5) is 0.446. The van der Waals surface area contributed by atoms with Gasteiger partial charge < -0.3 is 0 Å². The van der Waals surface area contributed by atoms with Crippen LogP contribution in [0.1, 0.15) is 32.6 Å². The monoisotopic (exact) mass is 226 g/mol. The highest BCUT2D eigenvalue weighted by Crippen LogP contribution is 2.12. The Bertz CT molecular complexity index is 368. The lowest BCUT2D eigenvalue weighted by atomic mass is 10.2. The molecule has 0 unspecified atom stereocenters. The Morgan fingerprint density at radius 1 is 1.00 bits per heavy atom. The van der Waals surface area contributed by atoms with Gasteiger partial charge >= 0.3 is 0 Å². The summed E-state index contributed by atoms with van der Waals surface area (Å²) in [6.07, 6.45) is 4.02. The highest BCUT2D eigenvalue weighted by atomic mass is 32.2. The minimum absolute atomic E-state index is 0.275. The molecule has 0 amide bonds. The highest BCUT2D eigenvalue weighted by molar-refractivity contribution is 7.91. The van der Waals surface area contributed by atoms with Gasteiger partial charge in [-0.1, -0.05) is 44.4 Å². The van der Waals surface area contributed by atoms with Gasteiger partial charge in [-0.2, -0.15) is 0 Å². The Hall–Kier alpha value is -0.830. The van der Waals surface area contributed by atoms with E-state index >= 15 is 0 Å². The number of hydrogen-bond acceptors (Lipinski definition) is 2. The molecule has 0 aliphatic heterocycles. The first-order valence-corrected chi connectivity index (χ1v) is 7.10. The van der Waals surface area contributed by atoms with Crippen molar-refractivity contribution in [2.24, 2.45) is 0 Å². The zero-order chi connectivity index (χ0) is 11.1. The second-order valence-corrected chi connectivity index (χ2v) is 5.80. The van der Waals surface area contributed by atoms with Crippen molar-refractivity contribution in [3.05, 3.63) is 30.3 Å². The summed E-state index contributed by atoms with van der Waals surface area (Å²) in [5.41, 5.74) is 0. The van der Waals surface area contributed by atoms with Crippen molar-refractivity contribution in [2.45, 2.75) is 37.5 Å². The fourth-order valence-electron chi connectivity index (χ4n) is 1.46.